The van der Waals surface area contributed by atoms with E-state index in [4.69, 9.17) is 4.74 Å². The lowest BCUT2D eigenvalue weighted by Crippen LogP contribution is -2.35. The van der Waals surface area contributed by atoms with Gasteiger partial charge in [0, 0.05) is 24.8 Å². The standard InChI is InChI=1S/C15H22N2O3/c1-2-20-15(19)12-7-5-9-16-14(12)17-13-8-4-3-6-11(13)10-18/h5,7,9,11,13,18H,2-4,6,8,10H2,1H3,(H,16,17). The normalized spacial score (nSPS) is 22.3. The van der Waals surface area contributed by atoms with Gasteiger partial charge in [-0.25, -0.2) is 9.78 Å². The number of aromatic nitrogens is 1. The molecule has 1 aliphatic rings. The van der Waals surface area contributed by atoms with Crippen LogP contribution in [0.1, 0.15) is 43.0 Å². The summed E-state index contributed by atoms with van der Waals surface area (Å²) in [6.45, 7) is 2.29. The number of anilines is 1. The average Bonchev–Trinajstić information content (AvgIpc) is 2.48. The lowest BCUT2D eigenvalue weighted by atomic mass is 9.85. The second-order valence-electron chi connectivity index (χ2n) is 5.10. The van der Waals surface area contributed by atoms with Crippen molar-refractivity contribution < 1.29 is 14.6 Å². The van der Waals surface area contributed by atoms with Gasteiger partial charge in [-0.05, 0) is 31.9 Å². The van der Waals surface area contributed by atoms with E-state index in [9.17, 15) is 9.90 Å². The van der Waals surface area contributed by atoms with Crippen molar-refractivity contribution in [3.63, 3.8) is 0 Å². The van der Waals surface area contributed by atoms with Crippen molar-refractivity contribution in [2.45, 2.75) is 38.6 Å². The first-order chi connectivity index (χ1) is 9.76. The Bertz CT molecular complexity index is 450. The Morgan fingerprint density at radius 3 is 3.05 bits per heavy atom. The third-order valence-corrected chi connectivity index (χ3v) is 3.77. The fourth-order valence-electron chi connectivity index (χ4n) is 2.69. The molecule has 0 amide bonds. The van der Waals surface area contributed by atoms with Crippen LogP contribution in [-0.4, -0.2) is 35.3 Å². The minimum absolute atomic E-state index is 0.164. The van der Waals surface area contributed by atoms with Gasteiger partial charge in [-0.15, -0.1) is 0 Å². The molecule has 110 valence electrons. The van der Waals surface area contributed by atoms with Crippen LogP contribution in [0.4, 0.5) is 5.82 Å². The van der Waals surface area contributed by atoms with Crippen molar-refractivity contribution in [2.75, 3.05) is 18.5 Å². The first-order valence-corrected chi connectivity index (χ1v) is 7.25. The summed E-state index contributed by atoms with van der Waals surface area (Å²) in [7, 11) is 0. The van der Waals surface area contributed by atoms with Crippen molar-refractivity contribution >= 4 is 11.8 Å². The quantitative estimate of drug-likeness (QED) is 0.808. The Kier molecular flexibility index (Phi) is 5.35. The summed E-state index contributed by atoms with van der Waals surface area (Å²) in [5, 5.41) is 12.8. The zero-order valence-electron chi connectivity index (χ0n) is 11.8. The predicted molar refractivity (Wildman–Crippen MR) is 76.6 cm³/mol. The molecule has 5 nitrogen and oxygen atoms in total. The van der Waals surface area contributed by atoms with E-state index in [1.807, 2.05) is 0 Å². The highest BCUT2D eigenvalue weighted by molar-refractivity contribution is 5.94. The summed E-state index contributed by atoms with van der Waals surface area (Å²) < 4.78 is 5.04. The zero-order chi connectivity index (χ0) is 14.4. The van der Waals surface area contributed by atoms with Gasteiger partial charge in [0.15, 0.2) is 0 Å². The van der Waals surface area contributed by atoms with E-state index in [-0.39, 0.29) is 24.5 Å². The van der Waals surface area contributed by atoms with E-state index >= 15 is 0 Å². The Labute approximate surface area is 119 Å². The number of nitrogens with zero attached hydrogens (tertiary/aromatic N) is 1. The number of aliphatic hydroxyl groups is 1. The molecule has 0 radical (unpaired) electrons. The summed E-state index contributed by atoms with van der Waals surface area (Å²) in [6.07, 6.45) is 5.94. The largest absolute Gasteiger partial charge is 0.462 e. The smallest absolute Gasteiger partial charge is 0.341 e. The fourth-order valence-corrected chi connectivity index (χ4v) is 2.69. The number of esters is 1. The number of nitrogens with one attached hydrogen (secondary N) is 1. The van der Waals surface area contributed by atoms with E-state index < -0.39 is 0 Å². The highest BCUT2D eigenvalue weighted by Gasteiger charge is 2.26. The van der Waals surface area contributed by atoms with Crippen LogP contribution in [0.15, 0.2) is 18.3 Å². The lowest BCUT2D eigenvalue weighted by molar-refractivity contribution is 0.0527. The van der Waals surface area contributed by atoms with Crippen LogP contribution in [0.3, 0.4) is 0 Å². The summed E-state index contributed by atoms with van der Waals surface area (Å²) in [6, 6.07) is 3.60. The fraction of sp³-hybridized carbons (Fsp3) is 0.600. The Morgan fingerprint density at radius 2 is 2.30 bits per heavy atom. The Morgan fingerprint density at radius 1 is 1.50 bits per heavy atom. The van der Waals surface area contributed by atoms with Gasteiger partial charge in [-0.3, -0.25) is 0 Å². The van der Waals surface area contributed by atoms with Crippen molar-refractivity contribution in [2.24, 2.45) is 5.92 Å². The Hall–Kier alpha value is -1.62. The molecule has 0 saturated heterocycles. The summed E-state index contributed by atoms with van der Waals surface area (Å²) >= 11 is 0. The molecule has 1 aromatic heterocycles. The summed E-state index contributed by atoms with van der Waals surface area (Å²) in [4.78, 5) is 16.2. The molecule has 2 N–H and O–H groups in total. The maximum absolute atomic E-state index is 11.9. The van der Waals surface area contributed by atoms with Gasteiger partial charge in [-0.1, -0.05) is 12.8 Å². The summed E-state index contributed by atoms with van der Waals surface area (Å²) in [5.41, 5.74) is 0.455. The molecule has 20 heavy (non-hydrogen) atoms. The summed E-state index contributed by atoms with van der Waals surface area (Å²) in [5.74, 6) is 0.413. The molecule has 1 heterocycles. The highest BCUT2D eigenvalue weighted by atomic mass is 16.5. The van der Waals surface area contributed by atoms with E-state index in [1.54, 1.807) is 25.3 Å². The van der Waals surface area contributed by atoms with E-state index in [2.05, 4.69) is 10.3 Å². The van der Waals surface area contributed by atoms with Crippen LogP contribution in [-0.2, 0) is 4.74 Å². The first-order valence-electron chi connectivity index (χ1n) is 7.25. The third kappa shape index (κ3) is 3.48. The van der Waals surface area contributed by atoms with Crippen molar-refractivity contribution in [3.8, 4) is 0 Å². The minimum Gasteiger partial charge on any atom is -0.462 e. The SMILES string of the molecule is CCOC(=O)c1cccnc1NC1CCCCC1CO. The number of carbonyl (C=O) groups excluding carboxylic acids is 1. The number of ether oxygens (including phenoxy) is 1. The molecule has 0 spiro atoms. The molecule has 1 saturated carbocycles. The highest BCUT2D eigenvalue weighted by Crippen LogP contribution is 2.27. The van der Waals surface area contributed by atoms with E-state index in [0.29, 0.717) is 18.0 Å². The predicted octanol–water partition coefficient (Wildman–Crippen LogP) is 2.22. The van der Waals surface area contributed by atoms with Crippen LogP contribution in [0, 0.1) is 5.92 Å². The van der Waals surface area contributed by atoms with Gasteiger partial charge in [0.1, 0.15) is 11.4 Å². The van der Waals surface area contributed by atoms with Crippen LogP contribution in [0.25, 0.3) is 0 Å². The van der Waals surface area contributed by atoms with Crippen LogP contribution in [0.2, 0.25) is 0 Å². The number of pyridine rings is 1. The molecular weight excluding hydrogens is 256 g/mol. The number of aliphatic hydroxyl groups excluding tert-OH is 1. The second-order valence-corrected chi connectivity index (χ2v) is 5.10. The molecule has 2 atom stereocenters. The zero-order valence-corrected chi connectivity index (χ0v) is 11.8. The van der Waals surface area contributed by atoms with Gasteiger partial charge < -0.3 is 15.2 Å². The monoisotopic (exact) mass is 278 g/mol. The lowest BCUT2D eigenvalue weighted by Gasteiger charge is -2.31. The minimum atomic E-state index is -0.362. The maximum Gasteiger partial charge on any atom is 0.341 e. The van der Waals surface area contributed by atoms with Gasteiger partial charge in [0.2, 0.25) is 0 Å². The molecule has 5 heteroatoms. The molecule has 1 fully saturated rings. The van der Waals surface area contributed by atoms with Crippen molar-refractivity contribution in [3.05, 3.63) is 23.9 Å². The average molecular weight is 278 g/mol. The molecule has 0 bridgehead atoms. The van der Waals surface area contributed by atoms with Gasteiger partial charge in [0.05, 0.1) is 6.61 Å². The van der Waals surface area contributed by atoms with Crippen LogP contribution < -0.4 is 5.32 Å². The first kappa shape index (κ1) is 14.8. The molecule has 1 aromatic rings. The van der Waals surface area contributed by atoms with Gasteiger partial charge >= 0.3 is 5.97 Å². The van der Waals surface area contributed by atoms with Gasteiger partial charge in [-0.2, -0.15) is 0 Å². The van der Waals surface area contributed by atoms with Crippen LogP contribution >= 0.6 is 0 Å². The number of carbonyl (C=O) groups is 1. The van der Waals surface area contributed by atoms with E-state index in [0.717, 1.165) is 25.7 Å². The number of hydrogen-bond donors (Lipinski definition) is 2. The molecule has 2 unspecified atom stereocenters. The topological polar surface area (TPSA) is 71.5 Å². The number of rotatable bonds is 5. The van der Waals surface area contributed by atoms with Gasteiger partial charge in [0.25, 0.3) is 0 Å². The molecule has 0 aliphatic heterocycles. The molecular formula is C15H22N2O3. The molecule has 1 aliphatic carbocycles. The molecule has 0 aromatic carbocycles. The molecule has 2 rings (SSSR count). The van der Waals surface area contributed by atoms with Crippen molar-refractivity contribution in [1.82, 2.24) is 4.98 Å². The Balaban J connectivity index is 2.13. The second kappa shape index (κ2) is 7.24. The maximum atomic E-state index is 11.9. The van der Waals surface area contributed by atoms with Crippen LogP contribution in [0.5, 0.6) is 0 Å². The van der Waals surface area contributed by atoms with E-state index in [1.165, 1.54) is 0 Å². The number of hydrogen-bond acceptors (Lipinski definition) is 5. The third-order valence-electron chi connectivity index (χ3n) is 3.77. The van der Waals surface area contributed by atoms with Crippen molar-refractivity contribution in [1.29, 1.82) is 0 Å².